The van der Waals surface area contributed by atoms with Gasteiger partial charge in [0, 0.05) is 55.1 Å². The lowest BCUT2D eigenvalue weighted by molar-refractivity contribution is 0.0697. The number of hydrogen-bond acceptors (Lipinski definition) is 8. The molecule has 1 aliphatic heterocycles. The molecule has 0 saturated heterocycles. The quantitative estimate of drug-likeness (QED) is 0.121. The Morgan fingerprint density at radius 1 is 0.778 bits per heavy atom. The summed E-state index contributed by atoms with van der Waals surface area (Å²) in [5.41, 5.74) is 3.20. The number of pyridine rings is 2. The molecule has 4 aromatic rings. The molecule has 2 aliphatic rings. The number of fused-ring (bicyclic) bond motifs is 2. The van der Waals surface area contributed by atoms with Gasteiger partial charge in [-0.15, -0.1) is 0 Å². The Bertz CT molecular complexity index is 2050. The highest BCUT2D eigenvalue weighted by molar-refractivity contribution is 6.33. The second-order valence-corrected chi connectivity index (χ2v) is 11.1. The van der Waals surface area contributed by atoms with E-state index in [9.17, 15) is 19.8 Å². The molecular formula is C34H26Cl2N4O5. The van der Waals surface area contributed by atoms with E-state index in [4.69, 9.17) is 27.6 Å². The summed E-state index contributed by atoms with van der Waals surface area (Å²) in [5, 5.41) is 28.2. The molecule has 45 heavy (non-hydrogen) atoms. The number of aromatic nitrogens is 2. The van der Waals surface area contributed by atoms with E-state index in [1.54, 1.807) is 30.6 Å². The standard InChI is InChI=1S/C34H26Cl2N4O5/c35-27-13-23-29(21-9-1-2-10-22(21)34(43)44)24-14-28(36)31(42)26(18-38-16-20-8-4-6-12-40-20)33(24)45-32(23)25(30(27)41)17-37-15-19-7-3-5-11-39-19/h1-14,37-38,41H,15-18H2,(H,43,44). The van der Waals surface area contributed by atoms with Gasteiger partial charge in [0.05, 0.1) is 38.1 Å². The van der Waals surface area contributed by atoms with Gasteiger partial charge < -0.3 is 25.3 Å². The SMILES string of the molecule is O=C(O)c1ccccc1-c1c2cc(Cl)c(=O)c(CNCc3ccccn3)c-2oc2c(CNCc3ccccn3)c(O)c(Cl)cc12. The van der Waals surface area contributed by atoms with Crippen molar-refractivity contribution in [2.24, 2.45) is 0 Å². The lowest BCUT2D eigenvalue weighted by Crippen LogP contribution is -2.22. The van der Waals surface area contributed by atoms with Crippen molar-refractivity contribution in [3.05, 3.63) is 134 Å². The number of carbonyl (C=O) groups is 1. The fraction of sp³-hybridized carbons (Fsp3) is 0.118. The van der Waals surface area contributed by atoms with Crippen LogP contribution in [0.25, 0.3) is 33.4 Å². The van der Waals surface area contributed by atoms with E-state index in [0.717, 1.165) is 11.4 Å². The third-order valence-corrected chi connectivity index (χ3v) is 7.99. The monoisotopic (exact) mass is 640 g/mol. The summed E-state index contributed by atoms with van der Waals surface area (Å²) in [6.45, 7) is 0.961. The van der Waals surface area contributed by atoms with Crippen LogP contribution in [-0.4, -0.2) is 26.2 Å². The molecule has 0 atom stereocenters. The first-order valence-electron chi connectivity index (χ1n) is 14.0. The minimum Gasteiger partial charge on any atom is -0.506 e. The van der Waals surface area contributed by atoms with E-state index in [1.807, 2.05) is 36.4 Å². The summed E-state index contributed by atoms with van der Waals surface area (Å²) in [5.74, 6) is -1.14. The number of benzene rings is 3. The third-order valence-electron chi connectivity index (χ3n) is 7.42. The maximum atomic E-state index is 13.5. The largest absolute Gasteiger partial charge is 0.506 e. The summed E-state index contributed by atoms with van der Waals surface area (Å²) in [6.07, 6.45) is 3.37. The normalized spacial score (nSPS) is 11.3. The number of halogens is 2. The highest BCUT2D eigenvalue weighted by Gasteiger charge is 2.28. The number of rotatable bonds is 10. The number of aromatic carboxylic acids is 1. The number of nitrogens with zero attached hydrogens (tertiary/aromatic N) is 2. The fourth-order valence-electron chi connectivity index (χ4n) is 5.33. The zero-order valence-electron chi connectivity index (χ0n) is 23.7. The predicted molar refractivity (Wildman–Crippen MR) is 173 cm³/mol. The molecular weight excluding hydrogens is 615 g/mol. The number of aromatic hydroxyl groups is 1. The second-order valence-electron chi connectivity index (χ2n) is 10.3. The van der Waals surface area contributed by atoms with Gasteiger partial charge in [0.15, 0.2) is 0 Å². The van der Waals surface area contributed by atoms with Crippen molar-refractivity contribution in [3.8, 4) is 28.2 Å². The Labute approximate surface area is 267 Å². The first-order chi connectivity index (χ1) is 21.8. The van der Waals surface area contributed by atoms with Crippen LogP contribution in [0.5, 0.6) is 5.75 Å². The lowest BCUT2D eigenvalue weighted by Gasteiger charge is -2.21. The van der Waals surface area contributed by atoms with Crippen LogP contribution in [0, 0.1) is 0 Å². The van der Waals surface area contributed by atoms with E-state index in [0.29, 0.717) is 40.7 Å². The molecule has 4 N–H and O–H groups in total. The summed E-state index contributed by atoms with van der Waals surface area (Å²) < 4.78 is 6.51. The smallest absolute Gasteiger partial charge is 0.336 e. The Morgan fingerprint density at radius 3 is 2.02 bits per heavy atom. The molecule has 9 nitrogen and oxygen atoms in total. The van der Waals surface area contributed by atoms with Gasteiger partial charge in [-0.25, -0.2) is 4.79 Å². The molecule has 226 valence electrons. The average Bonchev–Trinajstić information content (AvgIpc) is 3.05. The highest BCUT2D eigenvalue weighted by Crippen LogP contribution is 2.47. The molecule has 0 saturated carbocycles. The summed E-state index contributed by atoms with van der Waals surface area (Å²) in [6, 6.07) is 20.6. The molecule has 0 radical (unpaired) electrons. The predicted octanol–water partition coefficient (Wildman–Crippen LogP) is 6.65. The van der Waals surface area contributed by atoms with Crippen LogP contribution < -0.4 is 16.1 Å². The van der Waals surface area contributed by atoms with Crippen molar-refractivity contribution < 1.29 is 19.4 Å². The number of nitrogens with one attached hydrogen (secondary N) is 2. The van der Waals surface area contributed by atoms with Crippen LogP contribution in [0.15, 0.2) is 94.4 Å². The molecule has 2 aromatic heterocycles. The van der Waals surface area contributed by atoms with Gasteiger partial charge >= 0.3 is 5.97 Å². The summed E-state index contributed by atoms with van der Waals surface area (Å²) in [4.78, 5) is 34.5. The fourth-order valence-corrected chi connectivity index (χ4v) is 5.78. The Balaban J connectivity index is 1.58. The number of carboxylic acids is 1. The van der Waals surface area contributed by atoms with E-state index < -0.39 is 11.4 Å². The zero-order chi connectivity index (χ0) is 31.5. The van der Waals surface area contributed by atoms with Crippen LogP contribution in [-0.2, 0) is 26.2 Å². The molecule has 2 aromatic carbocycles. The van der Waals surface area contributed by atoms with Crippen molar-refractivity contribution in [1.82, 2.24) is 20.6 Å². The minimum absolute atomic E-state index is 0.0301. The maximum absolute atomic E-state index is 13.5. The second kappa shape index (κ2) is 13.1. The van der Waals surface area contributed by atoms with Gasteiger partial charge in [0.2, 0.25) is 5.43 Å². The van der Waals surface area contributed by atoms with E-state index in [1.165, 1.54) is 18.2 Å². The van der Waals surface area contributed by atoms with Gasteiger partial charge in [-0.3, -0.25) is 14.8 Å². The first kappa shape index (κ1) is 30.2. The maximum Gasteiger partial charge on any atom is 0.336 e. The highest BCUT2D eigenvalue weighted by atomic mass is 35.5. The third kappa shape index (κ3) is 6.11. The number of carboxylic acid groups (broad SMARTS) is 1. The van der Waals surface area contributed by atoms with Gasteiger partial charge in [-0.1, -0.05) is 53.5 Å². The Kier molecular flexibility index (Phi) is 8.77. The van der Waals surface area contributed by atoms with Crippen molar-refractivity contribution in [1.29, 1.82) is 0 Å². The van der Waals surface area contributed by atoms with Gasteiger partial charge in [0.1, 0.15) is 17.1 Å². The molecule has 1 aliphatic carbocycles. The Morgan fingerprint density at radius 2 is 1.40 bits per heavy atom. The van der Waals surface area contributed by atoms with Crippen LogP contribution in [0.2, 0.25) is 10.0 Å². The van der Waals surface area contributed by atoms with E-state index in [-0.39, 0.29) is 51.4 Å². The molecule has 6 rings (SSSR count). The summed E-state index contributed by atoms with van der Waals surface area (Å²) >= 11 is 13.1. The van der Waals surface area contributed by atoms with Gasteiger partial charge in [0.25, 0.3) is 0 Å². The van der Waals surface area contributed by atoms with Crippen molar-refractivity contribution >= 4 is 40.1 Å². The molecule has 0 fully saturated rings. The van der Waals surface area contributed by atoms with Crippen LogP contribution in [0.4, 0.5) is 0 Å². The molecule has 0 spiro atoms. The van der Waals surface area contributed by atoms with E-state index >= 15 is 0 Å². The van der Waals surface area contributed by atoms with Gasteiger partial charge in [-0.2, -0.15) is 0 Å². The number of phenols is 1. The van der Waals surface area contributed by atoms with Crippen LogP contribution in [0.3, 0.4) is 0 Å². The first-order valence-corrected chi connectivity index (χ1v) is 14.7. The molecule has 0 bridgehead atoms. The topological polar surface area (TPSA) is 138 Å². The zero-order valence-corrected chi connectivity index (χ0v) is 25.2. The van der Waals surface area contributed by atoms with Crippen molar-refractivity contribution in [2.75, 3.05) is 0 Å². The summed E-state index contributed by atoms with van der Waals surface area (Å²) in [7, 11) is 0. The molecule has 3 heterocycles. The van der Waals surface area contributed by atoms with Crippen LogP contribution >= 0.6 is 23.2 Å². The van der Waals surface area contributed by atoms with Gasteiger partial charge in [-0.05, 0) is 48.0 Å². The molecule has 0 unspecified atom stereocenters. The Hall–Kier alpha value is -4.80. The van der Waals surface area contributed by atoms with E-state index in [2.05, 4.69) is 20.6 Å². The minimum atomic E-state index is -1.14. The molecule has 11 heteroatoms. The lowest BCUT2D eigenvalue weighted by atomic mass is 9.88. The average molecular weight is 642 g/mol. The molecule has 0 amide bonds. The van der Waals surface area contributed by atoms with Crippen molar-refractivity contribution in [2.45, 2.75) is 26.2 Å². The number of phenolic OH excluding ortho intramolecular Hbond substituents is 1. The van der Waals surface area contributed by atoms with Crippen molar-refractivity contribution in [3.63, 3.8) is 0 Å². The van der Waals surface area contributed by atoms with Crippen LogP contribution in [0.1, 0.15) is 32.9 Å². The number of hydrogen-bond donors (Lipinski definition) is 4.